The smallest absolute Gasteiger partial charge is 0.344 e. The number of alkyl halides is 2. The largest absolute Gasteiger partial charge is 0.426 e. The van der Waals surface area contributed by atoms with E-state index in [0.29, 0.717) is 0 Å². The zero-order valence-corrected chi connectivity index (χ0v) is 21.9. The van der Waals surface area contributed by atoms with Gasteiger partial charge in [-0.05, 0) is 63.7 Å². The number of carbonyl (C=O) groups is 3. The van der Waals surface area contributed by atoms with Crippen molar-refractivity contribution >= 4 is 17.7 Å². The van der Waals surface area contributed by atoms with E-state index in [1.165, 1.54) is 32.9 Å². The normalized spacial score (nSPS) is 48.2. The van der Waals surface area contributed by atoms with Crippen molar-refractivity contribution in [1.29, 1.82) is 0 Å². The molecule has 4 aliphatic carbocycles. The molecule has 8 nitrogen and oxygen atoms in total. The molecule has 10 atom stereocenters. The average Bonchev–Trinajstić information content (AvgIpc) is 3.17. The molecule has 1 unspecified atom stereocenters. The number of aliphatic hydroxyl groups excluding tert-OH is 1. The number of rotatable bonds is 3. The molecule has 37 heavy (non-hydrogen) atoms. The van der Waals surface area contributed by atoms with Crippen molar-refractivity contribution in [3.8, 4) is 0 Å². The molecule has 5 rings (SSSR count). The SMILES string of the molecule is CC(=O)OC(C)OC(=O)[C@@]12OC(C)(C)O[C@@H]1C[C@H]1[C@@H]3C[C@H](F)C4=CC(=O)C=C[C@]4(C)[C@@]3(F)[C@@H](O)C[C@@]12C. The van der Waals surface area contributed by atoms with Crippen LogP contribution in [0.3, 0.4) is 0 Å². The van der Waals surface area contributed by atoms with Crippen molar-refractivity contribution in [2.45, 2.75) is 103 Å². The summed E-state index contributed by atoms with van der Waals surface area (Å²) >= 11 is 0. The molecule has 0 bridgehead atoms. The van der Waals surface area contributed by atoms with Crippen LogP contribution < -0.4 is 0 Å². The molecule has 3 saturated carbocycles. The molecule has 0 spiro atoms. The monoisotopic (exact) mass is 524 g/mol. The maximum Gasteiger partial charge on any atom is 0.344 e. The lowest BCUT2D eigenvalue weighted by Crippen LogP contribution is -2.71. The molecule has 1 aliphatic heterocycles. The molecule has 1 heterocycles. The Balaban J connectivity index is 1.59. The van der Waals surface area contributed by atoms with Gasteiger partial charge in [-0.3, -0.25) is 9.59 Å². The predicted molar refractivity (Wildman–Crippen MR) is 124 cm³/mol. The highest BCUT2D eigenvalue weighted by molar-refractivity contribution is 6.01. The number of carbonyl (C=O) groups excluding carboxylic acids is 3. The Labute approximate surface area is 214 Å². The topological polar surface area (TPSA) is 108 Å². The van der Waals surface area contributed by atoms with Crippen molar-refractivity contribution in [1.82, 2.24) is 0 Å². The van der Waals surface area contributed by atoms with E-state index in [0.717, 1.165) is 6.08 Å². The number of halogens is 2. The van der Waals surface area contributed by atoms with Crippen molar-refractivity contribution < 1.29 is 47.2 Å². The maximum absolute atomic E-state index is 17.4. The first-order chi connectivity index (χ1) is 17.0. The molecular formula is C27H34F2O8. The van der Waals surface area contributed by atoms with E-state index in [1.807, 2.05) is 0 Å². The molecule has 204 valence electrons. The van der Waals surface area contributed by atoms with Gasteiger partial charge in [-0.2, -0.15) is 0 Å². The van der Waals surface area contributed by atoms with Crippen LogP contribution in [0.1, 0.15) is 60.8 Å². The predicted octanol–water partition coefficient (Wildman–Crippen LogP) is 3.26. The summed E-state index contributed by atoms with van der Waals surface area (Å²) in [5.41, 5.74) is -6.77. The summed E-state index contributed by atoms with van der Waals surface area (Å²) < 4.78 is 55.9. The Morgan fingerprint density at radius 2 is 1.84 bits per heavy atom. The van der Waals surface area contributed by atoms with Gasteiger partial charge in [0.25, 0.3) is 0 Å². The van der Waals surface area contributed by atoms with E-state index < -0.39 is 82.1 Å². The average molecular weight is 525 g/mol. The minimum Gasteiger partial charge on any atom is -0.426 e. The minimum absolute atomic E-state index is 0.0255. The fourth-order valence-corrected chi connectivity index (χ4v) is 8.15. The third kappa shape index (κ3) is 3.31. The molecule has 0 aromatic rings. The van der Waals surface area contributed by atoms with Crippen molar-refractivity contribution in [2.75, 3.05) is 0 Å². The van der Waals surface area contributed by atoms with Crippen LogP contribution in [0.15, 0.2) is 23.8 Å². The molecule has 4 fully saturated rings. The first-order valence-corrected chi connectivity index (χ1v) is 12.7. The fourth-order valence-electron chi connectivity index (χ4n) is 8.15. The molecule has 1 N–H and O–H groups in total. The third-order valence-electron chi connectivity index (χ3n) is 9.53. The molecule has 0 amide bonds. The summed E-state index contributed by atoms with van der Waals surface area (Å²) in [4.78, 5) is 37.2. The van der Waals surface area contributed by atoms with E-state index in [-0.39, 0.29) is 24.8 Å². The Morgan fingerprint density at radius 1 is 1.16 bits per heavy atom. The molecular weight excluding hydrogens is 490 g/mol. The summed E-state index contributed by atoms with van der Waals surface area (Å²) in [5, 5.41) is 11.5. The van der Waals surface area contributed by atoms with Gasteiger partial charge in [0.2, 0.25) is 6.29 Å². The minimum atomic E-state index is -2.30. The number of esters is 2. The number of ether oxygens (including phenoxy) is 4. The van der Waals surface area contributed by atoms with Gasteiger partial charge >= 0.3 is 11.9 Å². The highest BCUT2D eigenvalue weighted by atomic mass is 19.1. The molecule has 0 radical (unpaired) electrons. The van der Waals surface area contributed by atoms with Gasteiger partial charge in [-0.25, -0.2) is 13.6 Å². The Morgan fingerprint density at radius 3 is 2.49 bits per heavy atom. The second-order valence-electron chi connectivity index (χ2n) is 12.0. The standard InChI is InChI=1S/C27H34F2O8/c1-13(30)34-14(2)35-22(33)27-21(36-23(3,4)37-27)11-16-17-10-19(28)18-9-15(31)7-8-24(18,5)26(17,29)20(32)12-25(16,27)6/h7-9,14,16-17,19-21,32H,10-12H2,1-6H3/t14?,16-,17-,19-,20-,21+,24-,25-,26-,27-/m0/s1. The van der Waals surface area contributed by atoms with Gasteiger partial charge in [0.1, 0.15) is 12.3 Å². The summed E-state index contributed by atoms with van der Waals surface area (Å²) in [6.07, 6.45) is -1.87. The second-order valence-corrected chi connectivity index (χ2v) is 12.0. The lowest BCUT2D eigenvalue weighted by Gasteiger charge is -2.63. The second kappa shape index (κ2) is 7.93. The van der Waals surface area contributed by atoms with Gasteiger partial charge in [0.15, 0.2) is 22.8 Å². The number of hydrogen-bond acceptors (Lipinski definition) is 8. The van der Waals surface area contributed by atoms with Crippen LogP contribution in [0.2, 0.25) is 0 Å². The lowest BCUT2D eigenvalue weighted by molar-refractivity contribution is -0.260. The number of allylic oxidation sites excluding steroid dienone is 4. The first-order valence-electron chi connectivity index (χ1n) is 12.7. The number of hydrogen-bond donors (Lipinski definition) is 1. The van der Waals surface area contributed by atoms with Crippen LogP contribution in [-0.4, -0.2) is 64.6 Å². The molecule has 10 heteroatoms. The number of fused-ring (bicyclic) bond motifs is 7. The highest BCUT2D eigenvalue weighted by Crippen LogP contribution is 2.72. The molecule has 5 aliphatic rings. The number of aliphatic hydroxyl groups is 1. The van der Waals surface area contributed by atoms with Crippen LogP contribution in [0.25, 0.3) is 0 Å². The summed E-state index contributed by atoms with van der Waals surface area (Å²) in [5.74, 6) is -4.73. The quantitative estimate of drug-likeness (QED) is 0.443. The Kier molecular flexibility index (Phi) is 5.66. The number of ketones is 1. The van der Waals surface area contributed by atoms with Gasteiger partial charge in [0.05, 0.1) is 6.10 Å². The molecule has 1 saturated heterocycles. The van der Waals surface area contributed by atoms with E-state index in [9.17, 15) is 19.5 Å². The van der Waals surface area contributed by atoms with E-state index in [4.69, 9.17) is 18.9 Å². The molecule has 0 aromatic heterocycles. The van der Waals surface area contributed by atoms with E-state index >= 15 is 8.78 Å². The zero-order chi connectivity index (χ0) is 27.3. The van der Waals surface area contributed by atoms with Crippen molar-refractivity contribution in [3.05, 3.63) is 23.8 Å². The summed E-state index contributed by atoms with van der Waals surface area (Å²) in [6.45, 7) is 9.11. The van der Waals surface area contributed by atoms with Crippen LogP contribution in [-0.2, 0) is 33.3 Å². The van der Waals surface area contributed by atoms with Crippen LogP contribution >= 0.6 is 0 Å². The molecule has 0 aromatic carbocycles. The fraction of sp³-hybridized carbons (Fsp3) is 0.741. The summed E-state index contributed by atoms with van der Waals surface area (Å²) in [7, 11) is 0. The van der Waals surface area contributed by atoms with Crippen LogP contribution in [0, 0.1) is 22.7 Å². The van der Waals surface area contributed by atoms with Gasteiger partial charge in [-0.1, -0.05) is 13.0 Å². The van der Waals surface area contributed by atoms with E-state index in [1.54, 1.807) is 20.8 Å². The third-order valence-corrected chi connectivity index (χ3v) is 9.53. The Hall–Kier alpha value is -2.17. The lowest BCUT2D eigenvalue weighted by atomic mass is 9.44. The Bertz CT molecular complexity index is 1120. The van der Waals surface area contributed by atoms with Gasteiger partial charge in [0, 0.05) is 30.6 Å². The van der Waals surface area contributed by atoms with Crippen molar-refractivity contribution in [2.24, 2.45) is 22.7 Å². The van der Waals surface area contributed by atoms with Gasteiger partial charge in [-0.15, -0.1) is 0 Å². The highest BCUT2D eigenvalue weighted by Gasteiger charge is 2.81. The van der Waals surface area contributed by atoms with Crippen LogP contribution in [0.4, 0.5) is 8.78 Å². The maximum atomic E-state index is 17.4. The zero-order valence-electron chi connectivity index (χ0n) is 21.9. The van der Waals surface area contributed by atoms with Gasteiger partial charge < -0.3 is 24.1 Å². The summed E-state index contributed by atoms with van der Waals surface area (Å²) in [6, 6.07) is 0. The first kappa shape index (κ1) is 26.4. The van der Waals surface area contributed by atoms with Crippen LogP contribution in [0.5, 0.6) is 0 Å². The van der Waals surface area contributed by atoms with E-state index in [2.05, 4.69) is 0 Å². The van der Waals surface area contributed by atoms with Crippen molar-refractivity contribution in [3.63, 3.8) is 0 Å².